The number of rotatable bonds is 1. The molecule has 0 bridgehead atoms. The number of hydrogen-bond donors (Lipinski definition) is 0. The van der Waals surface area contributed by atoms with Crippen molar-refractivity contribution >= 4 is 27.8 Å². The highest BCUT2D eigenvalue weighted by molar-refractivity contribution is 9.10. The molecule has 2 aromatic rings. The fourth-order valence-corrected chi connectivity index (χ4v) is 2.46. The number of benzene rings is 2. The second-order valence-corrected chi connectivity index (χ2v) is 5.16. The lowest BCUT2D eigenvalue weighted by atomic mass is 9.98. The molecular weight excluding hydrogens is 304 g/mol. The lowest BCUT2D eigenvalue weighted by Crippen LogP contribution is -2.18. The zero-order valence-corrected chi connectivity index (χ0v) is 11.7. The van der Waals surface area contributed by atoms with Crippen LogP contribution in [0.2, 0.25) is 0 Å². The average Bonchev–Trinajstić information content (AvgIpc) is 2.44. The van der Waals surface area contributed by atoms with Crippen molar-refractivity contribution in [2.45, 2.75) is 0 Å². The van der Waals surface area contributed by atoms with E-state index in [0.717, 1.165) is 10.0 Å². The van der Waals surface area contributed by atoms with Gasteiger partial charge in [-0.05, 0) is 29.8 Å². The number of para-hydroxylation sites is 1. The summed E-state index contributed by atoms with van der Waals surface area (Å²) in [6, 6.07) is 15.1. The van der Waals surface area contributed by atoms with E-state index in [4.69, 9.17) is 4.74 Å². The number of ketones is 1. The maximum Gasteiger partial charge on any atom is 0.196 e. The fraction of sp³-hybridized carbons (Fsp3) is 0.0625. The van der Waals surface area contributed by atoms with Crippen LogP contribution in [0, 0.1) is 0 Å². The van der Waals surface area contributed by atoms with Crippen LogP contribution in [0.3, 0.4) is 0 Å². The third kappa shape index (κ3) is 2.34. The molecule has 0 amide bonds. The SMILES string of the molecule is O=C1/C(=C/c2ccccc2Br)COc2ccccc21. The molecule has 0 atom stereocenters. The fourth-order valence-electron chi connectivity index (χ4n) is 2.06. The van der Waals surface area contributed by atoms with Crippen molar-refractivity contribution in [2.75, 3.05) is 6.61 Å². The highest BCUT2D eigenvalue weighted by Gasteiger charge is 2.22. The van der Waals surface area contributed by atoms with Crippen molar-refractivity contribution in [2.24, 2.45) is 0 Å². The van der Waals surface area contributed by atoms with Crippen molar-refractivity contribution in [1.29, 1.82) is 0 Å². The third-order valence-corrected chi connectivity index (χ3v) is 3.76. The van der Waals surface area contributed by atoms with Gasteiger partial charge in [0, 0.05) is 10.0 Å². The Morgan fingerprint density at radius 3 is 2.63 bits per heavy atom. The number of ether oxygens (including phenoxy) is 1. The normalized spacial score (nSPS) is 16.1. The van der Waals surface area contributed by atoms with Gasteiger partial charge in [-0.15, -0.1) is 0 Å². The van der Waals surface area contributed by atoms with Gasteiger partial charge < -0.3 is 4.74 Å². The summed E-state index contributed by atoms with van der Waals surface area (Å²) in [5.41, 5.74) is 2.28. The Balaban J connectivity index is 2.01. The van der Waals surface area contributed by atoms with Crippen molar-refractivity contribution in [3.8, 4) is 5.75 Å². The Morgan fingerprint density at radius 1 is 1.05 bits per heavy atom. The molecule has 0 fully saturated rings. The molecule has 2 nitrogen and oxygen atoms in total. The molecular formula is C16H11BrO2. The predicted molar refractivity (Wildman–Crippen MR) is 78.4 cm³/mol. The zero-order valence-electron chi connectivity index (χ0n) is 10.1. The molecule has 0 N–H and O–H groups in total. The predicted octanol–water partition coefficient (Wildman–Crippen LogP) is 4.11. The third-order valence-electron chi connectivity index (χ3n) is 3.04. The Morgan fingerprint density at radius 2 is 1.79 bits per heavy atom. The van der Waals surface area contributed by atoms with Crippen LogP contribution in [-0.2, 0) is 0 Å². The van der Waals surface area contributed by atoms with Crippen LogP contribution in [0.25, 0.3) is 6.08 Å². The monoisotopic (exact) mass is 314 g/mol. The molecule has 1 heterocycles. The summed E-state index contributed by atoms with van der Waals surface area (Å²) in [6.07, 6.45) is 1.88. The minimum atomic E-state index is 0.0394. The molecule has 0 aliphatic carbocycles. The number of carbonyl (C=O) groups excluding carboxylic acids is 1. The Bertz CT molecular complexity index is 674. The highest BCUT2D eigenvalue weighted by atomic mass is 79.9. The summed E-state index contributed by atoms with van der Waals surface area (Å²) in [6.45, 7) is 0.317. The largest absolute Gasteiger partial charge is 0.488 e. The van der Waals surface area contributed by atoms with Gasteiger partial charge in [0.1, 0.15) is 12.4 Å². The van der Waals surface area contributed by atoms with Crippen molar-refractivity contribution in [1.82, 2.24) is 0 Å². The van der Waals surface area contributed by atoms with E-state index in [0.29, 0.717) is 23.5 Å². The van der Waals surface area contributed by atoms with E-state index in [9.17, 15) is 4.79 Å². The molecule has 0 saturated heterocycles. The van der Waals surface area contributed by atoms with Crippen molar-refractivity contribution in [3.63, 3.8) is 0 Å². The Labute approximate surface area is 119 Å². The molecule has 0 aromatic heterocycles. The Hall–Kier alpha value is -1.87. The zero-order chi connectivity index (χ0) is 13.2. The minimum absolute atomic E-state index is 0.0394. The second-order valence-electron chi connectivity index (χ2n) is 4.31. The highest BCUT2D eigenvalue weighted by Crippen LogP contribution is 2.28. The molecule has 19 heavy (non-hydrogen) atoms. The first kappa shape index (κ1) is 12.2. The first-order valence-electron chi connectivity index (χ1n) is 5.97. The summed E-state index contributed by atoms with van der Waals surface area (Å²) in [7, 11) is 0. The van der Waals surface area contributed by atoms with E-state index < -0.39 is 0 Å². The molecule has 0 unspecified atom stereocenters. The van der Waals surface area contributed by atoms with E-state index in [-0.39, 0.29) is 5.78 Å². The molecule has 0 spiro atoms. The van der Waals surface area contributed by atoms with E-state index in [1.807, 2.05) is 48.5 Å². The Kier molecular flexibility index (Phi) is 3.22. The molecule has 3 heteroatoms. The van der Waals surface area contributed by atoms with Gasteiger partial charge in [0.15, 0.2) is 5.78 Å². The van der Waals surface area contributed by atoms with Crippen LogP contribution >= 0.6 is 15.9 Å². The van der Waals surface area contributed by atoms with Gasteiger partial charge in [-0.25, -0.2) is 0 Å². The van der Waals surface area contributed by atoms with Gasteiger partial charge in [-0.3, -0.25) is 4.79 Å². The van der Waals surface area contributed by atoms with Crippen LogP contribution < -0.4 is 4.74 Å². The second kappa shape index (κ2) is 5.02. The summed E-state index contributed by atoms with van der Waals surface area (Å²) in [5, 5.41) is 0. The quantitative estimate of drug-likeness (QED) is 0.740. The topological polar surface area (TPSA) is 26.3 Å². The van der Waals surface area contributed by atoms with Crippen molar-refractivity contribution in [3.05, 3.63) is 69.7 Å². The van der Waals surface area contributed by atoms with Gasteiger partial charge >= 0.3 is 0 Å². The van der Waals surface area contributed by atoms with Crippen molar-refractivity contribution < 1.29 is 9.53 Å². The van der Waals surface area contributed by atoms with Crippen LogP contribution in [0.15, 0.2) is 58.6 Å². The average molecular weight is 315 g/mol. The van der Waals surface area contributed by atoms with E-state index in [1.165, 1.54) is 0 Å². The molecule has 1 aliphatic rings. The number of hydrogen-bond acceptors (Lipinski definition) is 2. The van der Waals surface area contributed by atoms with E-state index in [2.05, 4.69) is 15.9 Å². The van der Waals surface area contributed by atoms with Crippen LogP contribution in [0.5, 0.6) is 5.75 Å². The first-order chi connectivity index (χ1) is 9.25. The number of carbonyl (C=O) groups is 1. The molecule has 1 aliphatic heterocycles. The van der Waals surface area contributed by atoms with Gasteiger partial charge in [-0.1, -0.05) is 46.3 Å². The van der Waals surface area contributed by atoms with Crippen LogP contribution in [-0.4, -0.2) is 12.4 Å². The van der Waals surface area contributed by atoms with Crippen LogP contribution in [0.4, 0.5) is 0 Å². The molecule has 0 radical (unpaired) electrons. The van der Waals surface area contributed by atoms with Crippen LogP contribution in [0.1, 0.15) is 15.9 Å². The number of fused-ring (bicyclic) bond motifs is 1. The first-order valence-corrected chi connectivity index (χ1v) is 6.76. The van der Waals surface area contributed by atoms with Gasteiger partial charge in [0.25, 0.3) is 0 Å². The van der Waals surface area contributed by atoms with Gasteiger partial charge in [-0.2, -0.15) is 0 Å². The lowest BCUT2D eigenvalue weighted by Gasteiger charge is -2.18. The number of halogens is 1. The van der Waals surface area contributed by atoms with Gasteiger partial charge in [0.05, 0.1) is 5.56 Å². The standard InChI is InChI=1S/C16H11BrO2/c17-14-7-3-1-5-11(14)9-12-10-19-15-8-4-2-6-13(15)16(12)18/h1-9H,10H2/b12-9+. The summed E-state index contributed by atoms with van der Waals surface area (Å²) >= 11 is 3.48. The van der Waals surface area contributed by atoms with E-state index >= 15 is 0 Å². The molecule has 2 aromatic carbocycles. The smallest absolute Gasteiger partial charge is 0.196 e. The number of Topliss-reactive ketones (excluding diaryl/α,β-unsaturated/α-hetero) is 1. The van der Waals surface area contributed by atoms with E-state index in [1.54, 1.807) is 6.07 Å². The maximum absolute atomic E-state index is 12.4. The summed E-state index contributed by atoms with van der Waals surface area (Å²) in [5.74, 6) is 0.703. The summed E-state index contributed by atoms with van der Waals surface area (Å²) in [4.78, 5) is 12.4. The maximum atomic E-state index is 12.4. The molecule has 94 valence electrons. The molecule has 3 rings (SSSR count). The van der Waals surface area contributed by atoms with Gasteiger partial charge in [0.2, 0.25) is 0 Å². The lowest BCUT2D eigenvalue weighted by molar-refractivity contribution is 0.100. The molecule has 0 saturated carbocycles. The summed E-state index contributed by atoms with van der Waals surface area (Å²) < 4.78 is 6.58. The minimum Gasteiger partial charge on any atom is -0.488 e.